The van der Waals surface area contributed by atoms with Crippen molar-refractivity contribution in [2.24, 2.45) is 5.73 Å². The maximum Gasteiger partial charge on any atom is 0.0672 e. The average Bonchev–Trinajstić information content (AvgIpc) is 2.87. The zero-order chi connectivity index (χ0) is 15.7. The predicted molar refractivity (Wildman–Crippen MR) is 91.6 cm³/mol. The maximum atomic E-state index is 6.32. The Morgan fingerprint density at radius 2 is 1.62 bits per heavy atom. The third-order valence-corrected chi connectivity index (χ3v) is 4.38. The molecular weight excluding hydrogens is 258 g/mol. The average molecular weight is 293 g/mol. The number of unbranched alkanes of at least 4 members (excludes halogenated alkanes) is 5. The number of aromatic nitrogens is 2. The predicted octanol–water partition coefficient (Wildman–Crippen LogP) is 4.78. The lowest BCUT2D eigenvalue weighted by molar-refractivity contribution is 0.511. The van der Waals surface area contributed by atoms with Crippen LogP contribution in [0.25, 0.3) is 0 Å². The Balaban J connectivity index is 2.67. The lowest BCUT2D eigenvalue weighted by atomic mass is 10.00. The van der Waals surface area contributed by atoms with Crippen molar-refractivity contribution in [2.45, 2.75) is 98.1 Å². The largest absolute Gasteiger partial charge is 0.324 e. The molecule has 0 aliphatic carbocycles. The van der Waals surface area contributed by atoms with E-state index in [0.717, 1.165) is 25.8 Å². The Labute approximate surface area is 131 Å². The highest BCUT2D eigenvalue weighted by atomic mass is 15.3. The minimum atomic E-state index is 0.146. The van der Waals surface area contributed by atoms with E-state index in [9.17, 15) is 0 Å². The number of hydrogen-bond acceptors (Lipinski definition) is 2. The van der Waals surface area contributed by atoms with Crippen molar-refractivity contribution in [2.75, 3.05) is 0 Å². The van der Waals surface area contributed by atoms with Gasteiger partial charge >= 0.3 is 0 Å². The lowest BCUT2D eigenvalue weighted by Gasteiger charge is -2.12. The molecule has 1 atom stereocenters. The zero-order valence-electron chi connectivity index (χ0n) is 14.6. The van der Waals surface area contributed by atoms with Gasteiger partial charge in [-0.2, -0.15) is 5.10 Å². The summed E-state index contributed by atoms with van der Waals surface area (Å²) in [6.45, 7) is 9.89. The van der Waals surface area contributed by atoms with E-state index < -0.39 is 0 Å². The molecule has 0 saturated heterocycles. The number of nitrogens with zero attached hydrogens (tertiary/aromatic N) is 2. The Bertz CT molecular complexity index is 395. The van der Waals surface area contributed by atoms with E-state index in [0.29, 0.717) is 0 Å². The van der Waals surface area contributed by atoms with Crippen LogP contribution in [0.5, 0.6) is 0 Å². The number of aryl methyl sites for hydroxylation is 2. The number of nitrogens with two attached hydrogens (primary N) is 1. The quantitative estimate of drug-likeness (QED) is 0.597. The molecule has 3 heteroatoms. The summed E-state index contributed by atoms with van der Waals surface area (Å²) in [5.41, 5.74) is 10.2. The molecule has 3 nitrogen and oxygen atoms in total. The van der Waals surface area contributed by atoms with Crippen molar-refractivity contribution < 1.29 is 0 Å². The van der Waals surface area contributed by atoms with Crippen molar-refractivity contribution in [1.29, 1.82) is 0 Å². The van der Waals surface area contributed by atoms with Gasteiger partial charge in [-0.3, -0.25) is 4.68 Å². The van der Waals surface area contributed by atoms with Gasteiger partial charge in [0.25, 0.3) is 0 Å². The van der Waals surface area contributed by atoms with Crippen molar-refractivity contribution in [3.05, 3.63) is 17.0 Å². The number of hydrogen-bond donors (Lipinski definition) is 1. The van der Waals surface area contributed by atoms with E-state index in [2.05, 4.69) is 32.4 Å². The first kappa shape index (κ1) is 18.2. The van der Waals surface area contributed by atoms with E-state index in [4.69, 9.17) is 10.8 Å². The Hall–Kier alpha value is -0.830. The second-order valence-electron chi connectivity index (χ2n) is 6.02. The molecule has 0 fully saturated rings. The van der Waals surface area contributed by atoms with Crippen LogP contribution in [0.1, 0.15) is 95.6 Å². The molecule has 0 radical (unpaired) electrons. The molecule has 122 valence electrons. The van der Waals surface area contributed by atoms with Crippen LogP contribution >= 0.6 is 0 Å². The lowest BCUT2D eigenvalue weighted by Crippen LogP contribution is -2.13. The van der Waals surface area contributed by atoms with E-state index in [-0.39, 0.29) is 6.04 Å². The highest BCUT2D eigenvalue weighted by Gasteiger charge is 2.19. The minimum absolute atomic E-state index is 0.146. The van der Waals surface area contributed by atoms with Gasteiger partial charge in [-0.25, -0.2) is 0 Å². The van der Waals surface area contributed by atoms with Gasteiger partial charge in [0, 0.05) is 23.8 Å². The second-order valence-corrected chi connectivity index (χ2v) is 6.02. The van der Waals surface area contributed by atoms with Crippen LogP contribution in [-0.2, 0) is 19.4 Å². The second kappa shape index (κ2) is 9.99. The standard InChI is InChI=1S/C18H35N3/c1-5-9-10-11-12-13-14-21-17(8-4)18(15(19)6-2)16(7-3)20-21/h15H,5-14,19H2,1-4H3. The molecular formula is C18H35N3. The molecule has 1 aromatic heterocycles. The molecule has 0 saturated carbocycles. The summed E-state index contributed by atoms with van der Waals surface area (Å²) >= 11 is 0. The molecule has 0 spiro atoms. The van der Waals surface area contributed by atoms with Crippen molar-refractivity contribution in [3.8, 4) is 0 Å². The van der Waals surface area contributed by atoms with Crippen LogP contribution in [0, 0.1) is 0 Å². The van der Waals surface area contributed by atoms with Gasteiger partial charge < -0.3 is 5.73 Å². The van der Waals surface area contributed by atoms with E-state index in [1.54, 1.807) is 0 Å². The summed E-state index contributed by atoms with van der Waals surface area (Å²) < 4.78 is 2.24. The van der Waals surface area contributed by atoms with E-state index in [1.807, 2.05) is 0 Å². The minimum Gasteiger partial charge on any atom is -0.324 e. The monoisotopic (exact) mass is 293 g/mol. The van der Waals surface area contributed by atoms with Gasteiger partial charge in [-0.05, 0) is 25.7 Å². The number of rotatable bonds is 11. The SMILES string of the molecule is CCCCCCCCn1nc(CC)c(C(N)CC)c1CC. The van der Waals surface area contributed by atoms with Gasteiger partial charge in [0.2, 0.25) is 0 Å². The zero-order valence-corrected chi connectivity index (χ0v) is 14.6. The first-order chi connectivity index (χ1) is 10.2. The Morgan fingerprint density at radius 1 is 0.952 bits per heavy atom. The molecule has 0 aromatic carbocycles. The van der Waals surface area contributed by atoms with Crippen LogP contribution in [0.4, 0.5) is 0 Å². The summed E-state index contributed by atoms with van der Waals surface area (Å²) in [4.78, 5) is 0. The molecule has 1 heterocycles. The molecule has 0 amide bonds. The fourth-order valence-electron chi connectivity index (χ4n) is 3.06. The smallest absolute Gasteiger partial charge is 0.0672 e. The van der Waals surface area contributed by atoms with Crippen LogP contribution in [0.15, 0.2) is 0 Å². The summed E-state index contributed by atoms with van der Waals surface area (Å²) in [6.07, 6.45) is 11.0. The summed E-state index contributed by atoms with van der Waals surface area (Å²) in [5.74, 6) is 0. The van der Waals surface area contributed by atoms with Crippen LogP contribution in [0.2, 0.25) is 0 Å². The van der Waals surface area contributed by atoms with E-state index in [1.165, 1.54) is 55.5 Å². The fraction of sp³-hybridized carbons (Fsp3) is 0.833. The highest BCUT2D eigenvalue weighted by Crippen LogP contribution is 2.24. The summed E-state index contributed by atoms with van der Waals surface area (Å²) in [7, 11) is 0. The van der Waals surface area contributed by atoms with Gasteiger partial charge in [0.15, 0.2) is 0 Å². The first-order valence-corrected chi connectivity index (χ1v) is 9.03. The topological polar surface area (TPSA) is 43.8 Å². The molecule has 2 N–H and O–H groups in total. The van der Waals surface area contributed by atoms with Crippen LogP contribution in [0.3, 0.4) is 0 Å². The van der Waals surface area contributed by atoms with Crippen molar-refractivity contribution in [3.63, 3.8) is 0 Å². The molecule has 0 aliphatic heterocycles. The third-order valence-electron chi connectivity index (χ3n) is 4.38. The first-order valence-electron chi connectivity index (χ1n) is 9.03. The molecule has 0 aliphatic rings. The fourth-order valence-corrected chi connectivity index (χ4v) is 3.06. The Kier molecular flexibility index (Phi) is 8.67. The van der Waals surface area contributed by atoms with Gasteiger partial charge in [0.1, 0.15) is 0 Å². The van der Waals surface area contributed by atoms with Gasteiger partial charge in [0.05, 0.1) is 5.69 Å². The summed E-state index contributed by atoms with van der Waals surface area (Å²) in [5, 5.41) is 4.84. The van der Waals surface area contributed by atoms with Crippen LogP contribution in [-0.4, -0.2) is 9.78 Å². The normalized spacial score (nSPS) is 12.8. The third kappa shape index (κ3) is 5.14. The van der Waals surface area contributed by atoms with Crippen molar-refractivity contribution >= 4 is 0 Å². The van der Waals surface area contributed by atoms with E-state index >= 15 is 0 Å². The summed E-state index contributed by atoms with van der Waals surface area (Å²) in [6, 6.07) is 0.146. The molecule has 1 rings (SSSR count). The maximum absolute atomic E-state index is 6.32. The molecule has 21 heavy (non-hydrogen) atoms. The highest BCUT2D eigenvalue weighted by molar-refractivity contribution is 5.30. The molecule has 1 aromatic rings. The van der Waals surface area contributed by atoms with Gasteiger partial charge in [-0.15, -0.1) is 0 Å². The van der Waals surface area contributed by atoms with Gasteiger partial charge in [-0.1, -0.05) is 59.8 Å². The van der Waals surface area contributed by atoms with Crippen molar-refractivity contribution in [1.82, 2.24) is 9.78 Å². The molecule has 1 unspecified atom stereocenters. The Morgan fingerprint density at radius 3 is 2.19 bits per heavy atom. The molecule has 0 bridgehead atoms. The van der Waals surface area contributed by atoms with Crippen LogP contribution < -0.4 is 5.73 Å².